The van der Waals surface area contributed by atoms with Gasteiger partial charge in [-0.05, 0) is 49.1 Å². The number of nitro groups is 1. The molecule has 1 fully saturated rings. The number of benzene rings is 2. The van der Waals surface area contributed by atoms with E-state index in [1.54, 1.807) is 24.3 Å². The van der Waals surface area contributed by atoms with Crippen LogP contribution in [0, 0.1) is 16.0 Å². The first kappa shape index (κ1) is 21.3. The van der Waals surface area contributed by atoms with Gasteiger partial charge in [-0.3, -0.25) is 19.7 Å². The van der Waals surface area contributed by atoms with Crippen LogP contribution in [-0.4, -0.2) is 29.4 Å². The fourth-order valence-electron chi connectivity index (χ4n) is 3.53. The fourth-order valence-corrected chi connectivity index (χ4v) is 3.53. The lowest BCUT2D eigenvalue weighted by Crippen LogP contribution is -2.43. The van der Waals surface area contributed by atoms with Crippen molar-refractivity contribution < 1.29 is 19.2 Å². The monoisotopic (exact) mass is 411 g/mol. The molecule has 2 N–H and O–H groups in total. The summed E-state index contributed by atoms with van der Waals surface area (Å²) in [7, 11) is 0. The number of nitrogens with one attached hydrogen (secondary N) is 2. The predicted octanol–water partition coefficient (Wildman–Crippen LogP) is 3.92. The van der Waals surface area contributed by atoms with E-state index in [1.807, 2.05) is 0 Å². The molecule has 1 aliphatic carbocycles. The molecular weight excluding hydrogens is 386 g/mol. The highest BCUT2D eigenvalue weighted by Gasteiger charge is 2.22. The summed E-state index contributed by atoms with van der Waals surface area (Å²) in [6, 6.07) is 12.3. The molecule has 0 bridgehead atoms. The van der Waals surface area contributed by atoms with Gasteiger partial charge in [0.05, 0.1) is 4.92 Å². The molecule has 3 rings (SSSR count). The van der Waals surface area contributed by atoms with Crippen LogP contribution in [0.1, 0.15) is 43.0 Å². The zero-order valence-electron chi connectivity index (χ0n) is 16.8. The van der Waals surface area contributed by atoms with Crippen LogP contribution < -0.4 is 15.4 Å². The van der Waals surface area contributed by atoms with Gasteiger partial charge in [0.15, 0.2) is 6.61 Å². The average Bonchev–Trinajstić information content (AvgIpc) is 2.75. The number of nitrogens with zero attached hydrogens (tertiary/aromatic N) is 1. The van der Waals surface area contributed by atoms with E-state index in [0.717, 1.165) is 19.3 Å². The predicted molar refractivity (Wildman–Crippen MR) is 113 cm³/mol. The zero-order chi connectivity index (χ0) is 21.5. The van der Waals surface area contributed by atoms with Gasteiger partial charge in [-0.2, -0.15) is 0 Å². The Kier molecular flexibility index (Phi) is 7.00. The first-order valence-electron chi connectivity index (χ1n) is 10.0. The van der Waals surface area contributed by atoms with Crippen LogP contribution in [-0.2, 0) is 4.79 Å². The molecule has 0 unspecified atom stereocenters. The molecule has 0 aromatic heterocycles. The van der Waals surface area contributed by atoms with Gasteiger partial charge < -0.3 is 15.4 Å². The quantitative estimate of drug-likeness (QED) is 0.530. The molecule has 0 heterocycles. The van der Waals surface area contributed by atoms with Crippen LogP contribution in [0.2, 0.25) is 0 Å². The Bertz CT molecular complexity index is 913. The molecule has 0 aliphatic heterocycles. The number of amides is 2. The van der Waals surface area contributed by atoms with E-state index in [-0.39, 0.29) is 29.8 Å². The molecule has 1 saturated carbocycles. The summed E-state index contributed by atoms with van der Waals surface area (Å²) in [5.74, 6) is 0.400. The number of non-ortho nitro benzene ring substituents is 1. The largest absolute Gasteiger partial charge is 0.484 e. The highest BCUT2D eigenvalue weighted by Crippen LogP contribution is 2.23. The van der Waals surface area contributed by atoms with Gasteiger partial charge in [-0.1, -0.05) is 25.8 Å². The van der Waals surface area contributed by atoms with Gasteiger partial charge >= 0.3 is 0 Å². The molecule has 0 spiro atoms. The molecule has 0 saturated heterocycles. The summed E-state index contributed by atoms with van der Waals surface area (Å²) >= 11 is 0. The van der Waals surface area contributed by atoms with Crippen molar-refractivity contribution in [2.45, 2.75) is 38.6 Å². The van der Waals surface area contributed by atoms with Crippen LogP contribution in [0.4, 0.5) is 11.4 Å². The van der Waals surface area contributed by atoms with Crippen molar-refractivity contribution in [2.75, 3.05) is 11.9 Å². The minimum atomic E-state index is -0.548. The van der Waals surface area contributed by atoms with Crippen LogP contribution in [0.15, 0.2) is 48.5 Å². The molecule has 0 radical (unpaired) electrons. The van der Waals surface area contributed by atoms with E-state index >= 15 is 0 Å². The number of hydrogen-bond acceptors (Lipinski definition) is 5. The molecule has 8 heteroatoms. The summed E-state index contributed by atoms with van der Waals surface area (Å²) < 4.78 is 5.53. The third kappa shape index (κ3) is 5.79. The van der Waals surface area contributed by atoms with E-state index in [0.29, 0.717) is 17.4 Å². The normalized spacial score (nSPS) is 18.3. The maximum atomic E-state index is 12.3. The number of carbonyl (C=O) groups excluding carboxylic acids is 2. The Labute approximate surface area is 174 Å². The molecule has 2 amide bonds. The first-order valence-corrected chi connectivity index (χ1v) is 10.0. The van der Waals surface area contributed by atoms with Crippen molar-refractivity contribution in [3.63, 3.8) is 0 Å². The summed E-state index contributed by atoms with van der Waals surface area (Å²) in [4.78, 5) is 34.7. The maximum Gasteiger partial charge on any atom is 0.270 e. The van der Waals surface area contributed by atoms with Gasteiger partial charge in [0.1, 0.15) is 5.75 Å². The molecule has 2 aromatic rings. The van der Waals surface area contributed by atoms with Crippen LogP contribution in [0.25, 0.3) is 0 Å². The Hall–Kier alpha value is -3.42. The minimum absolute atomic E-state index is 0.0669. The van der Waals surface area contributed by atoms with Crippen molar-refractivity contribution in [3.05, 3.63) is 64.2 Å². The number of hydrogen-bond donors (Lipinski definition) is 2. The van der Waals surface area contributed by atoms with Crippen molar-refractivity contribution in [2.24, 2.45) is 5.92 Å². The van der Waals surface area contributed by atoms with E-state index in [1.165, 1.54) is 30.7 Å². The van der Waals surface area contributed by atoms with Crippen molar-refractivity contribution in [3.8, 4) is 5.75 Å². The average molecular weight is 411 g/mol. The molecular formula is C22H25N3O5. The van der Waals surface area contributed by atoms with E-state index < -0.39 is 10.8 Å². The maximum absolute atomic E-state index is 12.3. The van der Waals surface area contributed by atoms with Crippen LogP contribution in [0.3, 0.4) is 0 Å². The highest BCUT2D eigenvalue weighted by atomic mass is 16.6. The smallest absolute Gasteiger partial charge is 0.270 e. The van der Waals surface area contributed by atoms with Crippen LogP contribution in [0.5, 0.6) is 5.75 Å². The van der Waals surface area contributed by atoms with Crippen molar-refractivity contribution in [1.29, 1.82) is 0 Å². The molecule has 2 atom stereocenters. The molecule has 8 nitrogen and oxygen atoms in total. The standard InChI is InChI=1S/C22H25N3O5/c1-15-5-2-3-8-20(15)24-21(26)14-30-19-11-9-17(10-12-19)23-22(27)16-6-4-7-18(13-16)25(28)29/h4,6-7,9-13,15,20H,2-3,5,8,14H2,1H3,(H,23,27)(H,24,26)/t15-,20+/m0/s1. The lowest BCUT2D eigenvalue weighted by Gasteiger charge is -2.29. The Morgan fingerprint density at radius 3 is 2.57 bits per heavy atom. The van der Waals surface area contributed by atoms with Crippen molar-refractivity contribution in [1.82, 2.24) is 5.32 Å². The third-order valence-electron chi connectivity index (χ3n) is 5.26. The number of rotatable bonds is 7. The summed E-state index contributed by atoms with van der Waals surface area (Å²) in [6.07, 6.45) is 4.49. The van der Waals surface area contributed by atoms with Crippen LogP contribution >= 0.6 is 0 Å². The summed E-state index contributed by atoms with van der Waals surface area (Å²) in [5, 5.41) is 16.6. The zero-order valence-corrected chi connectivity index (χ0v) is 16.8. The second-order valence-corrected chi connectivity index (χ2v) is 7.51. The summed E-state index contributed by atoms with van der Waals surface area (Å²) in [5.41, 5.74) is 0.560. The van der Waals surface area contributed by atoms with E-state index in [2.05, 4.69) is 17.6 Å². The second-order valence-electron chi connectivity index (χ2n) is 7.51. The molecule has 30 heavy (non-hydrogen) atoms. The molecule has 2 aromatic carbocycles. The first-order chi connectivity index (χ1) is 14.4. The Balaban J connectivity index is 1.50. The Morgan fingerprint density at radius 2 is 1.87 bits per heavy atom. The van der Waals surface area contributed by atoms with E-state index in [4.69, 9.17) is 4.74 Å². The minimum Gasteiger partial charge on any atom is -0.484 e. The van der Waals surface area contributed by atoms with Gasteiger partial charge in [-0.15, -0.1) is 0 Å². The second kappa shape index (κ2) is 9.87. The molecule has 1 aliphatic rings. The van der Waals surface area contributed by atoms with Gasteiger partial charge in [0.2, 0.25) is 0 Å². The Morgan fingerprint density at radius 1 is 1.13 bits per heavy atom. The van der Waals surface area contributed by atoms with E-state index in [9.17, 15) is 19.7 Å². The number of carbonyl (C=O) groups is 2. The number of anilines is 1. The van der Waals surface area contributed by atoms with Gasteiger partial charge in [0.25, 0.3) is 17.5 Å². The fraction of sp³-hybridized carbons (Fsp3) is 0.364. The lowest BCUT2D eigenvalue weighted by molar-refractivity contribution is -0.384. The molecule has 158 valence electrons. The lowest BCUT2D eigenvalue weighted by atomic mass is 9.86. The topological polar surface area (TPSA) is 111 Å². The SMILES string of the molecule is C[C@H]1CCCC[C@H]1NC(=O)COc1ccc(NC(=O)c2cccc([N+](=O)[O-])c2)cc1. The number of nitro benzene ring substituents is 1. The van der Waals surface area contributed by atoms with Gasteiger partial charge in [0, 0.05) is 29.4 Å². The highest BCUT2D eigenvalue weighted by molar-refractivity contribution is 6.04. The number of ether oxygens (including phenoxy) is 1. The third-order valence-corrected chi connectivity index (χ3v) is 5.26. The summed E-state index contributed by atoms with van der Waals surface area (Å²) in [6.45, 7) is 2.09. The van der Waals surface area contributed by atoms with Gasteiger partial charge in [-0.25, -0.2) is 0 Å². The van der Waals surface area contributed by atoms with Crippen molar-refractivity contribution >= 4 is 23.2 Å².